The van der Waals surface area contributed by atoms with Crippen LogP contribution in [0.2, 0.25) is 0 Å². The van der Waals surface area contributed by atoms with Crippen molar-refractivity contribution in [3.8, 4) is 6.07 Å². The van der Waals surface area contributed by atoms with Crippen molar-refractivity contribution < 1.29 is 9.53 Å². The normalized spacial score (nSPS) is 32.5. The molecule has 2 atom stereocenters. The number of nitrogens with zero attached hydrogens (tertiary/aromatic N) is 1. The molecule has 0 N–H and O–H groups in total. The standard InChI is InChI=1S/C9H12INO2/c1-13-8(12)9(6-11)4-2-3-7(9)5-10/h7H,2-5H2,1H3/t7-,9-/m0/s1. The van der Waals surface area contributed by atoms with Crippen LogP contribution < -0.4 is 0 Å². The van der Waals surface area contributed by atoms with Crippen molar-refractivity contribution in [2.24, 2.45) is 11.3 Å². The largest absolute Gasteiger partial charge is 0.468 e. The first-order chi connectivity index (χ1) is 6.21. The molecule has 1 rings (SSSR count). The van der Waals surface area contributed by atoms with Crippen LogP contribution in [0.4, 0.5) is 0 Å². The van der Waals surface area contributed by atoms with E-state index in [9.17, 15) is 4.79 Å². The van der Waals surface area contributed by atoms with Gasteiger partial charge in [0.15, 0.2) is 5.41 Å². The number of hydrogen-bond donors (Lipinski definition) is 0. The predicted octanol–water partition coefficient (Wildman–Crippen LogP) is 1.90. The summed E-state index contributed by atoms with van der Waals surface area (Å²) in [4.78, 5) is 11.5. The maximum Gasteiger partial charge on any atom is 0.326 e. The minimum Gasteiger partial charge on any atom is -0.468 e. The van der Waals surface area contributed by atoms with Gasteiger partial charge in [-0.05, 0) is 18.8 Å². The van der Waals surface area contributed by atoms with Crippen LogP contribution in [0.15, 0.2) is 0 Å². The third-order valence-corrected chi connectivity index (χ3v) is 3.82. The lowest BCUT2D eigenvalue weighted by Gasteiger charge is -2.23. The van der Waals surface area contributed by atoms with Crippen molar-refractivity contribution in [3.05, 3.63) is 0 Å². The van der Waals surface area contributed by atoms with Crippen molar-refractivity contribution >= 4 is 28.6 Å². The van der Waals surface area contributed by atoms with Gasteiger partial charge in [-0.3, -0.25) is 4.79 Å². The summed E-state index contributed by atoms with van der Waals surface area (Å²) in [5, 5.41) is 9.07. The minimum atomic E-state index is -0.851. The smallest absolute Gasteiger partial charge is 0.326 e. The molecule has 0 bridgehead atoms. The summed E-state index contributed by atoms with van der Waals surface area (Å²) in [6, 6.07) is 2.15. The van der Waals surface area contributed by atoms with Gasteiger partial charge in [0.2, 0.25) is 0 Å². The van der Waals surface area contributed by atoms with E-state index in [0.29, 0.717) is 6.42 Å². The molecule has 0 aromatic rings. The molecule has 3 nitrogen and oxygen atoms in total. The number of halogens is 1. The van der Waals surface area contributed by atoms with Crippen molar-refractivity contribution in [1.29, 1.82) is 5.26 Å². The Morgan fingerprint density at radius 1 is 1.85 bits per heavy atom. The second kappa shape index (κ2) is 4.27. The molecule has 1 fully saturated rings. The highest BCUT2D eigenvalue weighted by molar-refractivity contribution is 14.1. The summed E-state index contributed by atoms with van der Waals surface area (Å²) in [6.45, 7) is 0. The number of alkyl halides is 1. The highest BCUT2D eigenvalue weighted by Gasteiger charge is 2.50. The monoisotopic (exact) mass is 293 g/mol. The Morgan fingerprint density at radius 3 is 3.00 bits per heavy atom. The first-order valence-electron chi connectivity index (χ1n) is 4.27. The van der Waals surface area contributed by atoms with Crippen LogP contribution in [-0.2, 0) is 9.53 Å². The molecule has 0 spiro atoms. The second-order valence-corrected chi connectivity index (χ2v) is 4.20. The molecule has 13 heavy (non-hydrogen) atoms. The van der Waals surface area contributed by atoms with Gasteiger partial charge in [0.05, 0.1) is 13.2 Å². The second-order valence-electron chi connectivity index (χ2n) is 3.32. The SMILES string of the molecule is COC(=O)[C@]1(C#N)CCC[C@H]1CI. The molecule has 1 aliphatic rings. The van der Waals surface area contributed by atoms with Crippen LogP contribution in [0.25, 0.3) is 0 Å². The number of rotatable bonds is 2. The van der Waals surface area contributed by atoms with Gasteiger partial charge in [-0.2, -0.15) is 5.26 Å². The zero-order chi connectivity index (χ0) is 9.90. The Labute approximate surface area is 91.6 Å². The third kappa shape index (κ3) is 1.66. The molecule has 4 heteroatoms. The summed E-state index contributed by atoms with van der Waals surface area (Å²) in [6.07, 6.45) is 2.58. The lowest BCUT2D eigenvalue weighted by atomic mass is 9.80. The van der Waals surface area contributed by atoms with E-state index in [1.807, 2.05) is 0 Å². The molecular weight excluding hydrogens is 281 g/mol. The van der Waals surface area contributed by atoms with E-state index in [4.69, 9.17) is 10.00 Å². The Kier molecular flexibility index (Phi) is 3.54. The van der Waals surface area contributed by atoms with Crippen molar-refractivity contribution in [2.45, 2.75) is 19.3 Å². The van der Waals surface area contributed by atoms with Crippen molar-refractivity contribution in [3.63, 3.8) is 0 Å². The van der Waals surface area contributed by atoms with Crippen LogP contribution in [0.1, 0.15) is 19.3 Å². The summed E-state index contributed by atoms with van der Waals surface area (Å²) < 4.78 is 5.54. The fraction of sp³-hybridized carbons (Fsp3) is 0.778. The molecule has 0 aliphatic heterocycles. The van der Waals surface area contributed by atoms with E-state index in [-0.39, 0.29) is 11.9 Å². The van der Waals surface area contributed by atoms with Gasteiger partial charge in [-0.1, -0.05) is 29.0 Å². The zero-order valence-electron chi connectivity index (χ0n) is 7.55. The van der Waals surface area contributed by atoms with Crippen LogP contribution in [-0.4, -0.2) is 17.5 Å². The average Bonchev–Trinajstić information content (AvgIpc) is 2.60. The van der Waals surface area contributed by atoms with E-state index in [1.165, 1.54) is 7.11 Å². The molecule has 72 valence electrons. The fourth-order valence-corrected chi connectivity index (χ4v) is 3.12. The van der Waals surface area contributed by atoms with Crippen molar-refractivity contribution in [2.75, 3.05) is 11.5 Å². The van der Waals surface area contributed by atoms with Gasteiger partial charge < -0.3 is 4.74 Å². The van der Waals surface area contributed by atoms with Gasteiger partial charge >= 0.3 is 5.97 Å². The number of carbonyl (C=O) groups is 1. The molecule has 0 saturated heterocycles. The highest BCUT2D eigenvalue weighted by Crippen LogP contribution is 2.44. The fourth-order valence-electron chi connectivity index (χ4n) is 1.93. The Bertz CT molecular complexity index is 248. The Balaban J connectivity index is 2.92. The first kappa shape index (κ1) is 10.8. The van der Waals surface area contributed by atoms with Crippen LogP contribution in [0.3, 0.4) is 0 Å². The minimum absolute atomic E-state index is 0.172. The summed E-state index contributed by atoms with van der Waals surface area (Å²) in [7, 11) is 1.35. The highest BCUT2D eigenvalue weighted by atomic mass is 127. The number of ether oxygens (including phenoxy) is 1. The van der Waals surface area contributed by atoms with E-state index in [2.05, 4.69) is 28.7 Å². The number of nitriles is 1. The summed E-state index contributed by atoms with van der Waals surface area (Å²) >= 11 is 2.23. The number of hydrogen-bond acceptors (Lipinski definition) is 3. The number of carbonyl (C=O) groups excluding carboxylic acids is 1. The maximum atomic E-state index is 11.5. The third-order valence-electron chi connectivity index (χ3n) is 2.76. The maximum absolute atomic E-state index is 11.5. The number of methoxy groups -OCH3 is 1. The van der Waals surface area contributed by atoms with Gasteiger partial charge in [0.1, 0.15) is 0 Å². The van der Waals surface area contributed by atoms with Crippen LogP contribution in [0, 0.1) is 22.7 Å². The molecular formula is C9H12INO2. The topological polar surface area (TPSA) is 50.1 Å². The summed E-state index contributed by atoms with van der Waals surface area (Å²) in [5.41, 5.74) is -0.851. The first-order valence-corrected chi connectivity index (χ1v) is 5.79. The van der Waals surface area contributed by atoms with Gasteiger partial charge in [-0.15, -0.1) is 0 Å². The summed E-state index contributed by atoms with van der Waals surface area (Å²) in [5.74, 6) is -0.181. The molecule has 0 aromatic heterocycles. The molecule has 0 radical (unpaired) electrons. The van der Waals surface area contributed by atoms with E-state index < -0.39 is 5.41 Å². The Morgan fingerprint density at radius 2 is 2.54 bits per heavy atom. The molecule has 0 aromatic carbocycles. The van der Waals surface area contributed by atoms with Gasteiger partial charge in [0.25, 0.3) is 0 Å². The van der Waals surface area contributed by atoms with Gasteiger partial charge in [0, 0.05) is 4.43 Å². The quantitative estimate of drug-likeness (QED) is 0.444. The molecule has 1 saturated carbocycles. The van der Waals surface area contributed by atoms with E-state index >= 15 is 0 Å². The molecule has 0 unspecified atom stereocenters. The zero-order valence-corrected chi connectivity index (χ0v) is 9.70. The lowest BCUT2D eigenvalue weighted by molar-refractivity contribution is -0.150. The average molecular weight is 293 g/mol. The Hall–Kier alpha value is -0.310. The molecule has 0 heterocycles. The number of esters is 1. The predicted molar refractivity (Wildman–Crippen MR) is 56.3 cm³/mol. The van der Waals surface area contributed by atoms with Crippen molar-refractivity contribution in [1.82, 2.24) is 0 Å². The van der Waals surface area contributed by atoms with Crippen LogP contribution >= 0.6 is 22.6 Å². The van der Waals surface area contributed by atoms with Gasteiger partial charge in [-0.25, -0.2) is 0 Å². The van der Waals surface area contributed by atoms with E-state index in [0.717, 1.165) is 17.3 Å². The van der Waals surface area contributed by atoms with Crippen LogP contribution in [0.5, 0.6) is 0 Å². The molecule has 1 aliphatic carbocycles. The molecule has 0 amide bonds. The lowest BCUT2D eigenvalue weighted by Crippen LogP contribution is -2.35. The van der Waals surface area contributed by atoms with E-state index in [1.54, 1.807) is 0 Å².